The zero-order chi connectivity index (χ0) is 11.6. The minimum Gasteiger partial charge on any atom is -0.0622 e. The maximum atomic E-state index is 2.39. The molecule has 0 aromatic heterocycles. The van der Waals surface area contributed by atoms with Crippen molar-refractivity contribution in [1.82, 2.24) is 0 Å². The lowest BCUT2D eigenvalue weighted by Gasteiger charge is -2.38. The van der Waals surface area contributed by atoms with E-state index >= 15 is 0 Å². The molecular formula is C16H24. The van der Waals surface area contributed by atoms with Crippen LogP contribution in [0.25, 0.3) is 0 Å². The number of rotatable bonds is 1. The Balaban J connectivity index is 2.08. The molecule has 0 nitrogen and oxygen atoms in total. The lowest BCUT2D eigenvalue weighted by molar-refractivity contribution is 0.165. The molecule has 0 N–H and O–H groups in total. The molecule has 0 spiro atoms. The molecule has 2 unspecified atom stereocenters. The average molecular weight is 216 g/mol. The smallest absolute Gasteiger partial charge is 0.0159 e. The Kier molecular flexibility index (Phi) is 3.37. The highest BCUT2D eigenvalue weighted by atomic mass is 14.4. The molecular weight excluding hydrogens is 192 g/mol. The summed E-state index contributed by atoms with van der Waals surface area (Å²) in [6.07, 6.45) is 5.60. The fourth-order valence-electron chi connectivity index (χ4n) is 3.00. The van der Waals surface area contributed by atoms with E-state index < -0.39 is 0 Å². The van der Waals surface area contributed by atoms with Crippen molar-refractivity contribution in [3.63, 3.8) is 0 Å². The first-order chi connectivity index (χ1) is 7.57. The van der Waals surface area contributed by atoms with Gasteiger partial charge < -0.3 is 0 Å². The highest BCUT2D eigenvalue weighted by molar-refractivity contribution is 5.20. The zero-order valence-corrected chi connectivity index (χ0v) is 10.9. The molecule has 1 fully saturated rings. The van der Waals surface area contributed by atoms with Crippen molar-refractivity contribution in [2.24, 2.45) is 11.3 Å². The summed E-state index contributed by atoms with van der Waals surface area (Å²) in [7, 11) is 0. The van der Waals surface area contributed by atoms with Gasteiger partial charge in [0, 0.05) is 0 Å². The van der Waals surface area contributed by atoms with E-state index in [2.05, 4.69) is 51.1 Å². The molecule has 1 aliphatic rings. The molecule has 1 saturated carbocycles. The molecule has 0 saturated heterocycles. The summed E-state index contributed by atoms with van der Waals surface area (Å²) in [5, 5.41) is 0. The van der Waals surface area contributed by atoms with Gasteiger partial charge in [-0.15, -0.1) is 0 Å². The van der Waals surface area contributed by atoms with Gasteiger partial charge in [-0.3, -0.25) is 0 Å². The van der Waals surface area contributed by atoms with Crippen molar-refractivity contribution >= 4 is 0 Å². The van der Waals surface area contributed by atoms with Gasteiger partial charge in [0.1, 0.15) is 0 Å². The van der Waals surface area contributed by atoms with Crippen LogP contribution in [-0.2, 0) is 0 Å². The molecule has 0 aliphatic heterocycles. The predicted molar refractivity (Wildman–Crippen MR) is 70.6 cm³/mol. The molecule has 1 aliphatic carbocycles. The van der Waals surface area contributed by atoms with Crippen LogP contribution in [0.4, 0.5) is 0 Å². The van der Waals surface area contributed by atoms with Crippen molar-refractivity contribution < 1.29 is 0 Å². The monoisotopic (exact) mass is 216 g/mol. The van der Waals surface area contributed by atoms with Crippen molar-refractivity contribution in [2.45, 2.75) is 52.4 Å². The third-order valence-corrected chi connectivity index (χ3v) is 4.17. The molecule has 1 aromatic rings. The second-order valence-corrected chi connectivity index (χ2v) is 6.34. The maximum absolute atomic E-state index is 2.39. The molecule has 0 bridgehead atoms. The summed E-state index contributed by atoms with van der Waals surface area (Å²) in [5.74, 6) is 1.70. The molecule has 88 valence electrons. The highest BCUT2D eigenvalue weighted by Gasteiger charge is 2.30. The molecule has 2 atom stereocenters. The summed E-state index contributed by atoms with van der Waals surface area (Å²) >= 11 is 0. The summed E-state index contributed by atoms with van der Waals surface area (Å²) in [5.41, 5.74) is 2.03. The third kappa shape index (κ3) is 2.66. The second-order valence-electron chi connectivity index (χ2n) is 6.34. The molecule has 0 heteroatoms. The molecule has 1 aromatic carbocycles. The summed E-state index contributed by atoms with van der Waals surface area (Å²) in [6, 6.07) is 11.1. The van der Waals surface area contributed by atoms with Gasteiger partial charge >= 0.3 is 0 Å². The molecule has 16 heavy (non-hydrogen) atoms. The molecule has 0 heterocycles. The van der Waals surface area contributed by atoms with Crippen LogP contribution in [0.2, 0.25) is 0 Å². The van der Waals surface area contributed by atoms with E-state index in [4.69, 9.17) is 0 Å². The fraction of sp³-hybridized carbons (Fsp3) is 0.625. The van der Waals surface area contributed by atoms with Crippen LogP contribution in [0.1, 0.15) is 57.9 Å². The number of benzene rings is 1. The topological polar surface area (TPSA) is 0 Å². The largest absolute Gasteiger partial charge is 0.0622 e. The SMILES string of the molecule is CC(C)(C)C1CCCC(c2ccccc2)C1. The van der Waals surface area contributed by atoms with E-state index in [-0.39, 0.29) is 0 Å². The average Bonchev–Trinajstić information content (AvgIpc) is 2.29. The lowest BCUT2D eigenvalue weighted by atomic mass is 9.68. The number of hydrogen-bond donors (Lipinski definition) is 0. The van der Waals surface area contributed by atoms with E-state index in [1.807, 2.05) is 0 Å². The summed E-state index contributed by atoms with van der Waals surface area (Å²) in [6.45, 7) is 7.18. The summed E-state index contributed by atoms with van der Waals surface area (Å²) < 4.78 is 0. The van der Waals surface area contributed by atoms with Crippen LogP contribution in [0, 0.1) is 11.3 Å². The lowest BCUT2D eigenvalue weighted by Crippen LogP contribution is -2.26. The second kappa shape index (κ2) is 4.61. The minimum absolute atomic E-state index is 0.480. The Labute approximate surface area is 100 Å². The Morgan fingerprint density at radius 3 is 2.31 bits per heavy atom. The van der Waals surface area contributed by atoms with Gasteiger partial charge in [-0.2, -0.15) is 0 Å². The van der Waals surface area contributed by atoms with Crippen LogP contribution in [-0.4, -0.2) is 0 Å². The van der Waals surface area contributed by atoms with Gasteiger partial charge in [0.05, 0.1) is 0 Å². The third-order valence-electron chi connectivity index (χ3n) is 4.17. The Morgan fingerprint density at radius 1 is 1.00 bits per heavy atom. The van der Waals surface area contributed by atoms with Crippen LogP contribution >= 0.6 is 0 Å². The van der Waals surface area contributed by atoms with Gasteiger partial charge in [0.2, 0.25) is 0 Å². The fourth-order valence-corrected chi connectivity index (χ4v) is 3.00. The Hall–Kier alpha value is -0.780. The van der Waals surface area contributed by atoms with E-state index in [9.17, 15) is 0 Å². The van der Waals surface area contributed by atoms with Crippen molar-refractivity contribution in [3.8, 4) is 0 Å². The quantitative estimate of drug-likeness (QED) is 0.619. The van der Waals surface area contributed by atoms with Crippen LogP contribution < -0.4 is 0 Å². The summed E-state index contributed by atoms with van der Waals surface area (Å²) in [4.78, 5) is 0. The van der Waals surface area contributed by atoms with Gasteiger partial charge in [0.25, 0.3) is 0 Å². The number of hydrogen-bond acceptors (Lipinski definition) is 0. The van der Waals surface area contributed by atoms with Crippen molar-refractivity contribution in [3.05, 3.63) is 35.9 Å². The Morgan fingerprint density at radius 2 is 1.69 bits per heavy atom. The van der Waals surface area contributed by atoms with Crippen LogP contribution in [0.15, 0.2) is 30.3 Å². The molecule has 0 radical (unpaired) electrons. The van der Waals surface area contributed by atoms with E-state index in [0.717, 1.165) is 11.8 Å². The standard InChI is InChI=1S/C16H24/c1-16(2,3)15-11-7-10-14(12-15)13-8-5-4-6-9-13/h4-6,8-9,14-15H,7,10-12H2,1-3H3. The van der Waals surface area contributed by atoms with Gasteiger partial charge in [-0.05, 0) is 42.1 Å². The van der Waals surface area contributed by atoms with E-state index in [0.29, 0.717) is 5.41 Å². The predicted octanol–water partition coefficient (Wildman–Crippen LogP) is 5.01. The van der Waals surface area contributed by atoms with Gasteiger partial charge in [-0.25, -0.2) is 0 Å². The van der Waals surface area contributed by atoms with E-state index in [1.54, 1.807) is 5.56 Å². The molecule has 2 rings (SSSR count). The first kappa shape index (κ1) is 11.7. The van der Waals surface area contributed by atoms with Crippen molar-refractivity contribution in [1.29, 1.82) is 0 Å². The maximum Gasteiger partial charge on any atom is -0.0159 e. The first-order valence-corrected chi connectivity index (χ1v) is 6.62. The zero-order valence-electron chi connectivity index (χ0n) is 10.9. The normalized spacial score (nSPS) is 26.7. The highest BCUT2D eigenvalue weighted by Crippen LogP contribution is 2.43. The van der Waals surface area contributed by atoms with Crippen molar-refractivity contribution in [2.75, 3.05) is 0 Å². The van der Waals surface area contributed by atoms with E-state index in [1.165, 1.54) is 25.7 Å². The Bertz CT molecular complexity index is 318. The minimum atomic E-state index is 0.480. The van der Waals surface area contributed by atoms with Crippen LogP contribution in [0.3, 0.4) is 0 Å². The van der Waals surface area contributed by atoms with Gasteiger partial charge in [0.15, 0.2) is 0 Å². The van der Waals surface area contributed by atoms with Gasteiger partial charge in [-0.1, -0.05) is 57.5 Å². The van der Waals surface area contributed by atoms with Crippen LogP contribution in [0.5, 0.6) is 0 Å². The molecule has 0 amide bonds. The first-order valence-electron chi connectivity index (χ1n) is 6.62.